The van der Waals surface area contributed by atoms with Gasteiger partial charge in [0.25, 0.3) is 0 Å². The van der Waals surface area contributed by atoms with Crippen molar-refractivity contribution >= 4 is 44.6 Å². The smallest absolute Gasteiger partial charge is 0.337 e. The van der Waals surface area contributed by atoms with Crippen molar-refractivity contribution < 1.29 is 9.90 Å². The van der Waals surface area contributed by atoms with E-state index in [9.17, 15) is 4.79 Å². The molecule has 2 aromatic rings. The largest absolute Gasteiger partial charge is 0.478 e. The van der Waals surface area contributed by atoms with E-state index in [1.165, 1.54) is 4.88 Å². The second-order valence-corrected chi connectivity index (χ2v) is 6.08. The Hall–Kier alpha value is -1.53. The van der Waals surface area contributed by atoms with E-state index in [-0.39, 0.29) is 11.3 Å². The molecule has 4 nitrogen and oxygen atoms in total. The van der Waals surface area contributed by atoms with Crippen LogP contribution in [0.4, 0.5) is 11.4 Å². The number of hydrogen-bond donors (Lipinski definition) is 2. The molecule has 0 saturated heterocycles. The van der Waals surface area contributed by atoms with Gasteiger partial charge in [-0.1, -0.05) is 0 Å². The summed E-state index contributed by atoms with van der Waals surface area (Å²) in [6.45, 7) is 0.721. The number of thiophene rings is 1. The highest BCUT2D eigenvalue weighted by Crippen LogP contribution is 2.25. The zero-order valence-corrected chi connectivity index (χ0v) is 12.7. The summed E-state index contributed by atoms with van der Waals surface area (Å²) >= 11 is 5.07. The molecule has 19 heavy (non-hydrogen) atoms. The molecule has 100 valence electrons. The minimum atomic E-state index is -1.01. The minimum Gasteiger partial charge on any atom is -0.478 e. The third-order valence-electron chi connectivity index (χ3n) is 2.72. The van der Waals surface area contributed by atoms with E-state index in [1.807, 2.05) is 23.4 Å². The highest BCUT2D eigenvalue weighted by atomic mass is 79.9. The average molecular weight is 341 g/mol. The Bertz CT molecular complexity index is 612. The lowest BCUT2D eigenvalue weighted by atomic mass is 10.1. The van der Waals surface area contributed by atoms with Crippen molar-refractivity contribution in [1.82, 2.24) is 0 Å². The summed E-state index contributed by atoms with van der Waals surface area (Å²) < 4.78 is 1.06. The molecule has 0 radical (unpaired) electrons. The fraction of sp³-hybridized carbons (Fsp3) is 0.154. The zero-order chi connectivity index (χ0) is 14.0. The molecule has 0 fully saturated rings. The van der Waals surface area contributed by atoms with E-state index >= 15 is 0 Å². The average Bonchev–Trinajstić information content (AvgIpc) is 2.74. The van der Waals surface area contributed by atoms with Crippen LogP contribution >= 0.6 is 27.3 Å². The summed E-state index contributed by atoms with van der Waals surface area (Å²) in [6, 6.07) is 7.10. The first kappa shape index (κ1) is 13.9. The zero-order valence-electron chi connectivity index (χ0n) is 10.3. The molecule has 0 atom stereocenters. The molecule has 0 unspecified atom stereocenters. The van der Waals surface area contributed by atoms with Crippen LogP contribution < -0.4 is 10.6 Å². The summed E-state index contributed by atoms with van der Waals surface area (Å²) in [6.07, 6.45) is 0. The number of nitrogen functional groups attached to an aromatic ring is 1. The van der Waals surface area contributed by atoms with Gasteiger partial charge in [-0.25, -0.2) is 4.79 Å². The predicted molar refractivity (Wildman–Crippen MR) is 81.9 cm³/mol. The number of carboxylic acids is 1. The van der Waals surface area contributed by atoms with Crippen LogP contribution in [-0.2, 0) is 6.54 Å². The Morgan fingerprint density at radius 1 is 1.47 bits per heavy atom. The minimum absolute atomic E-state index is 0.136. The lowest BCUT2D eigenvalue weighted by molar-refractivity contribution is 0.0698. The van der Waals surface area contributed by atoms with Crippen molar-refractivity contribution in [2.75, 3.05) is 17.7 Å². The van der Waals surface area contributed by atoms with Gasteiger partial charge < -0.3 is 15.7 Å². The van der Waals surface area contributed by atoms with Gasteiger partial charge in [0, 0.05) is 33.2 Å². The Balaban J connectivity index is 2.21. The number of nitrogens with two attached hydrogens (primary N) is 1. The summed E-state index contributed by atoms with van der Waals surface area (Å²) in [5.41, 5.74) is 6.89. The first-order chi connectivity index (χ1) is 8.97. The molecule has 0 aliphatic heterocycles. The molecule has 1 aromatic carbocycles. The van der Waals surface area contributed by atoms with Gasteiger partial charge in [-0.15, -0.1) is 11.3 Å². The first-order valence-corrected chi connectivity index (χ1v) is 7.21. The fourth-order valence-corrected chi connectivity index (χ4v) is 3.23. The summed E-state index contributed by atoms with van der Waals surface area (Å²) in [4.78, 5) is 14.2. The van der Waals surface area contributed by atoms with Crippen LogP contribution in [0.3, 0.4) is 0 Å². The Labute approximate surface area is 123 Å². The molecular formula is C13H13BrN2O2S. The van der Waals surface area contributed by atoms with Crippen LogP contribution in [0, 0.1) is 0 Å². The molecule has 6 heteroatoms. The van der Waals surface area contributed by atoms with Gasteiger partial charge in [-0.3, -0.25) is 0 Å². The molecule has 0 saturated carbocycles. The van der Waals surface area contributed by atoms with Crippen LogP contribution in [0.25, 0.3) is 0 Å². The SMILES string of the molecule is CN(Cc1cc(Br)cs1)c1ccc(N)c(C(=O)O)c1. The van der Waals surface area contributed by atoms with Gasteiger partial charge in [0.1, 0.15) is 0 Å². The van der Waals surface area contributed by atoms with Crippen LogP contribution in [-0.4, -0.2) is 18.1 Å². The maximum Gasteiger partial charge on any atom is 0.337 e. The van der Waals surface area contributed by atoms with Gasteiger partial charge in [0.15, 0.2) is 0 Å². The van der Waals surface area contributed by atoms with Crippen LogP contribution in [0.1, 0.15) is 15.2 Å². The van der Waals surface area contributed by atoms with E-state index in [1.54, 1.807) is 23.5 Å². The van der Waals surface area contributed by atoms with Crippen LogP contribution in [0.2, 0.25) is 0 Å². The number of rotatable bonds is 4. The molecule has 2 rings (SSSR count). The summed E-state index contributed by atoms with van der Waals surface area (Å²) in [5, 5.41) is 11.1. The van der Waals surface area contributed by atoms with E-state index in [2.05, 4.69) is 22.0 Å². The van der Waals surface area contributed by atoms with E-state index in [4.69, 9.17) is 10.8 Å². The van der Waals surface area contributed by atoms with E-state index < -0.39 is 5.97 Å². The molecule has 1 aromatic heterocycles. The van der Waals surface area contributed by atoms with Crippen molar-refractivity contribution in [2.24, 2.45) is 0 Å². The van der Waals surface area contributed by atoms with Crippen LogP contribution in [0.5, 0.6) is 0 Å². The maximum absolute atomic E-state index is 11.1. The van der Waals surface area contributed by atoms with Crippen molar-refractivity contribution in [3.05, 3.63) is 44.6 Å². The third-order valence-corrected chi connectivity index (χ3v) is 4.41. The van der Waals surface area contributed by atoms with E-state index in [0.29, 0.717) is 0 Å². The third kappa shape index (κ3) is 3.27. The highest BCUT2D eigenvalue weighted by Gasteiger charge is 2.11. The van der Waals surface area contributed by atoms with Gasteiger partial charge in [-0.2, -0.15) is 0 Å². The lowest BCUT2D eigenvalue weighted by Gasteiger charge is -2.19. The molecule has 3 N–H and O–H groups in total. The summed E-state index contributed by atoms with van der Waals surface area (Å²) in [5.74, 6) is -1.01. The number of carboxylic acid groups (broad SMARTS) is 1. The number of carbonyl (C=O) groups is 1. The fourth-order valence-electron chi connectivity index (χ4n) is 1.73. The number of anilines is 2. The van der Waals surface area contributed by atoms with Gasteiger partial charge in [0.05, 0.1) is 12.1 Å². The predicted octanol–water partition coefficient (Wildman–Crippen LogP) is 3.43. The Morgan fingerprint density at radius 3 is 2.79 bits per heavy atom. The number of benzene rings is 1. The number of hydrogen-bond acceptors (Lipinski definition) is 4. The first-order valence-electron chi connectivity index (χ1n) is 5.54. The number of aromatic carboxylic acids is 1. The standard InChI is InChI=1S/C13H13BrN2O2S/c1-16(6-10-4-8(14)7-19-10)9-2-3-12(15)11(5-9)13(17)18/h2-5,7H,6,15H2,1H3,(H,17,18). The quantitative estimate of drug-likeness (QED) is 0.836. The van der Waals surface area contributed by atoms with Crippen molar-refractivity contribution in [3.8, 4) is 0 Å². The number of halogens is 1. The number of nitrogens with zero attached hydrogens (tertiary/aromatic N) is 1. The molecule has 0 amide bonds. The summed E-state index contributed by atoms with van der Waals surface area (Å²) in [7, 11) is 1.92. The Morgan fingerprint density at radius 2 is 2.21 bits per heavy atom. The molecule has 1 heterocycles. The molecule has 0 aliphatic carbocycles. The maximum atomic E-state index is 11.1. The molecule has 0 bridgehead atoms. The second-order valence-electron chi connectivity index (χ2n) is 4.16. The van der Waals surface area contributed by atoms with Crippen molar-refractivity contribution in [1.29, 1.82) is 0 Å². The molecular weight excluding hydrogens is 328 g/mol. The Kier molecular flexibility index (Phi) is 4.11. The normalized spacial score (nSPS) is 10.4. The van der Waals surface area contributed by atoms with Gasteiger partial charge in [0.2, 0.25) is 0 Å². The monoisotopic (exact) mass is 340 g/mol. The highest BCUT2D eigenvalue weighted by molar-refractivity contribution is 9.10. The van der Waals surface area contributed by atoms with Crippen molar-refractivity contribution in [2.45, 2.75) is 6.54 Å². The topological polar surface area (TPSA) is 66.6 Å². The van der Waals surface area contributed by atoms with Crippen LogP contribution in [0.15, 0.2) is 34.1 Å². The molecule has 0 aliphatic rings. The lowest BCUT2D eigenvalue weighted by Crippen LogP contribution is -2.16. The van der Waals surface area contributed by atoms with Gasteiger partial charge in [-0.05, 0) is 40.2 Å². The van der Waals surface area contributed by atoms with Crippen molar-refractivity contribution in [3.63, 3.8) is 0 Å². The molecule has 0 spiro atoms. The van der Waals surface area contributed by atoms with Gasteiger partial charge >= 0.3 is 5.97 Å². The van der Waals surface area contributed by atoms with E-state index in [0.717, 1.165) is 16.7 Å². The second kappa shape index (κ2) is 5.63.